The summed E-state index contributed by atoms with van der Waals surface area (Å²) < 4.78 is 5.46. The summed E-state index contributed by atoms with van der Waals surface area (Å²) in [5.41, 5.74) is 2.44. The van der Waals surface area contributed by atoms with Crippen LogP contribution in [0, 0.1) is 0 Å². The first-order valence-corrected chi connectivity index (χ1v) is 9.06. The number of hydrogen-bond donors (Lipinski definition) is 1. The molecule has 1 aliphatic rings. The van der Waals surface area contributed by atoms with Crippen molar-refractivity contribution in [3.05, 3.63) is 35.4 Å². The molecule has 1 N–H and O–H groups in total. The molecule has 0 bridgehead atoms. The number of nitrogens with one attached hydrogen (secondary N) is 1. The molecule has 2 amide bonds. The fourth-order valence-electron chi connectivity index (χ4n) is 3.02. The van der Waals surface area contributed by atoms with Crippen LogP contribution in [0.2, 0.25) is 0 Å². The molecule has 0 saturated carbocycles. The zero-order chi connectivity index (χ0) is 17.4. The highest BCUT2D eigenvalue weighted by Gasteiger charge is 2.21. The van der Waals surface area contributed by atoms with Gasteiger partial charge in [-0.2, -0.15) is 0 Å². The van der Waals surface area contributed by atoms with Crippen LogP contribution >= 0.6 is 0 Å². The highest BCUT2D eigenvalue weighted by atomic mass is 16.5. The van der Waals surface area contributed by atoms with Crippen molar-refractivity contribution in [3.8, 4) is 0 Å². The summed E-state index contributed by atoms with van der Waals surface area (Å²) in [6, 6.07) is 8.71. The molecule has 1 saturated heterocycles. The van der Waals surface area contributed by atoms with Crippen LogP contribution < -0.4 is 5.32 Å². The van der Waals surface area contributed by atoms with E-state index in [0.29, 0.717) is 19.7 Å². The van der Waals surface area contributed by atoms with E-state index in [4.69, 9.17) is 4.74 Å². The number of benzene rings is 1. The Morgan fingerprint density at radius 3 is 2.79 bits per heavy atom. The molecule has 1 fully saturated rings. The molecule has 1 heterocycles. The third kappa shape index (κ3) is 5.49. The summed E-state index contributed by atoms with van der Waals surface area (Å²) in [6.07, 6.45) is 0.896. The Kier molecular flexibility index (Phi) is 7.53. The minimum Gasteiger partial charge on any atom is -0.380 e. The van der Waals surface area contributed by atoms with Gasteiger partial charge < -0.3 is 15.0 Å². The van der Waals surface area contributed by atoms with E-state index in [-0.39, 0.29) is 12.1 Å². The van der Waals surface area contributed by atoms with E-state index < -0.39 is 0 Å². The SMILES string of the molecule is CCN(CC)Cc1cccc(CNC(=O)N2CCOCC[C@@H]2C)c1. The van der Waals surface area contributed by atoms with Crippen molar-refractivity contribution < 1.29 is 9.53 Å². The third-order valence-corrected chi connectivity index (χ3v) is 4.69. The lowest BCUT2D eigenvalue weighted by atomic mass is 10.1. The minimum atomic E-state index is 0.00199. The maximum atomic E-state index is 12.4. The molecule has 2 rings (SSSR count). The van der Waals surface area contributed by atoms with Gasteiger partial charge >= 0.3 is 6.03 Å². The molecule has 1 aromatic carbocycles. The summed E-state index contributed by atoms with van der Waals surface area (Å²) in [7, 11) is 0. The summed E-state index contributed by atoms with van der Waals surface area (Å²) in [4.78, 5) is 16.7. The molecule has 1 aromatic rings. The van der Waals surface area contributed by atoms with E-state index in [9.17, 15) is 4.79 Å². The second-order valence-electron chi connectivity index (χ2n) is 6.38. The molecule has 0 spiro atoms. The maximum Gasteiger partial charge on any atom is 0.317 e. The van der Waals surface area contributed by atoms with Crippen molar-refractivity contribution in [1.82, 2.24) is 15.1 Å². The fourth-order valence-corrected chi connectivity index (χ4v) is 3.02. The molecule has 5 nitrogen and oxygen atoms in total. The Balaban J connectivity index is 1.90. The highest BCUT2D eigenvalue weighted by Crippen LogP contribution is 2.11. The summed E-state index contributed by atoms with van der Waals surface area (Å²) >= 11 is 0. The van der Waals surface area contributed by atoms with E-state index in [1.165, 1.54) is 5.56 Å². The number of nitrogens with zero attached hydrogens (tertiary/aromatic N) is 2. The summed E-state index contributed by atoms with van der Waals surface area (Å²) in [5.74, 6) is 0. The van der Waals surface area contributed by atoms with Crippen LogP contribution in [0.25, 0.3) is 0 Å². The van der Waals surface area contributed by atoms with Gasteiger partial charge in [0.2, 0.25) is 0 Å². The number of urea groups is 1. The first kappa shape index (κ1) is 18.7. The Morgan fingerprint density at radius 1 is 1.29 bits per heavy atom. The van der Waals surface area contributed by atoms with Gasteiger partial charge in [-0.05, 0) is 37.6 Å². The smallest absolute Gasteiger partial charge is 0.317 e. The molecule has 0 aliphatic carbocycles. The monoisotopic (exact) mass is 333 g/mol. The van der Waals surface area contributed by atoms with Crippen molar-refractivity contribution in [2.45, 2.75) is 46.3 Å². The van der Waals surface area contributed by atoms with Crippen LogP contribution in [0.15, 0.2) is 24.3 Å². The first-order valence-electron chi connectivity index (χ1n) is 9.06. The largest absolute Gasteiger partial charge is 0.380 e. The minimum absolute atomic E-state index is 0.00199. The van der Waals surface area contributed by atoms with Gasteiger partial charge in [-0.1, -0.05) is 38.1 Å². The molecule has 1 atom stereocenters. The number of carbonyl (C=O) groups excluding carboxylic acids is 1. The van der Waals surface area contributed by atoms with Gasteiger partial charge in [0.05, 0.1) is 6.61 Å². The molecular formula is C19H31N3O2. The average molecular weight is 333 g/mol. The van der Waals surface area contributed by atoms with Gasteiger partial charge in [0.1, 0.15) is 0 Å². The van der Waals surface area contributed by atoms with Crippen molar-refractivity contribution >= 4 is 6.03 Å². The Labute approximate surface area is 146 Å². The lowest BCUT2D eigenvalue weighted by Crippen LogP contribution is -2.45. The van der Waals surface area contributed by atoms with Gasteiger partial charge in [0.25, 0.3) is 0 Å². The van der Waals surface area contributed by atoms with Crippen molar-refractivity contribution in [1.29, 1.82) is 0 Å². The van der Waals surface area contributed by atoms with Gasteiger partial charge in [0, 0.05) is 32.3 Å². The topological polar surface area (TPSA) is 44.8 Å². The Bertz CT molecular complexity index is 517. The van der Waals surface area contributed by atoms with Crippen molar-refractivity contribution in [2.24, 2.45) is 0 Å². The van der Waals surface area contributed by atoms with E-state index in [0.717, 1.165) is 38.2 Å². The summed E-state index contributed by atoms with van der Waals surface area (Å²) in [6.45, 7) is 12.1. The number of ether oxygens (including phenoxy) is 1. The molecule has 1 aliphatic heterocycles. The van der Waals surface area contributed by atoms with Crippen molar-refractivity contribution in [2.75, 3.05) is 32.8 Å². The molecule has 0 radical (unpaired) electrons. The predicted molar refractivity (Wildman–Crippen MR) is 96.9 cm³/mol. The number of amides is 2. The van der Waals surface area contributed by atoms with E-state index in [2.05, 4.69) is 55.3 Å². The van der Waals surface area contributed by atoms with E-state index in [1.54, 1.807) is 0 Å². The van der Waals surface area contributed by atoms with E-state index in [1.807, 2.05) is 4.90 Å². The second kappa shape index (κ2) is 9.64. The van der Waals surface area contributed by atoms with Gasteiger partial charge in [0.15, 0.2) is 0 Å². The van der Waals surface area contributed by atoms with Crippen LogP contribution in [-0.4, -0.2) is 54.7 Å². The zero-order valence-electron chi connectivity index (χ0n) is 15.3. The second-order valence-corrected chi connectivity index (χ2v) is 6.38. The van der Waals surface area contributed by atoms with Crippen LogP contribution in [0.1, 0.15) is 38.3 Å². The van der Waals surface area contributed by atoms with Gasteiger partial charge in [-0.15, -0.1) is 0 Å². The van der Waals surface area contributed by atoms with Gasteiger partial charge in [-0.3, -0.25) is 4.90 Å². The molecule has 0 aromatic heterocycles. The van der Waals surface area contributed by atoms with Crippen LogP contribution in [0.3, 0.4) is 0 Å². The Hall–Kier alpha value is -1.59. The average Bonchev–Trinajstić information content (AvgIpc) is 2.82. The number of carbonyl (C=O) groups is 1. The van der Waals surface area contributed by atoms with Crippen molar-refractivity contribution in [3.63, 3.8) is 0 Å². The van der Waals surface area contributed by atoms with Gasteiger partial charge in [-0.25, -0.2) is 4.79 Å². The standard InChI is InChI=1S/C19H31N3O2/c1-4-21(5-2)15-18-8-6-7-17(13-18)14-20-19(23)22-10-12-24-11-9-16(22)3/h6-8,13,16H,4-5,9-12,14-15H2,1-3H3,(H,20,23)/t16-/m0/s1. The number of hydrogen-bond acceptors (Lipinski definition) is 3. The quantitative estimate of drug-likeness (QED) is 0.871. The summed E-state index contributed by atoms with van der Waals surface area (Å²) in [5, 5.41) is 3.05. The van der Waals surface area contributed by atoms with Crippen LogP contribution in [0.5, 0.6) is 0 Å². The van der Waals surface area contributed by atoms with E-state index >= 15 is 0 Å². The normalized spacial score (nSPS) is 18.5. The Morgan fingerprint density at radius 2 is 2.04 bits per heavy atom. The highest BCUT2D eigenvalue weighted by molar-refractivity contribution is 5.74. The maximum absolute atomic E-state index is 12.4. The lowest BCUT2D eigenvalue weighted by molar-refractivity contribution is 0.142. The molecule has 5 heteroatoms. The van der Waals surface area contributed by atoms with Crippen LogP contribution in [-0.2, 0) is 17.8 Å². The lowest BCUT2D eigenvalue weighted by Gasteiger charge is -2.26. The number of rotatable bonds is 6. The third-order valence-electron chi connectivity index (χ3n) is 4.69. The zero-order valence-corrected chi connectivity index (χ0v) is 15.3. The fraction of sp³-hybridized carbons (Fsp3) is 0.632. The predicted octanol–water partition coefficient (Wildman–Crippen LogP) is 2.85. The molecule has 0 unspecified atom stereocenters. The molecule has 24 heavy (non-hydrogen) atoms. The molecular weight excluding hydrogens is 302 g/mol. The molecule has 134 valence electrons. The first-order chi connectivity index (χ1) is 11.6. The van der Waals surface area contributed by atoms with Crippen LogP contribution in [0.4, 0.5) is 4.79 Å².